The third kappa shape index (κ3) is 4.33. The minimum absolute atomic E-state index is 0.407. The molecule has 4 heterocycles. The fourth-order valence-corrected chi connectivity index (χ4v) is 3.35. The van der Waals surface area contributed by atoms with Crippen molar-refractivity contribution in [1.82, 2.24) is 19.9 Å². The summed E-state index contributed by atoms with van der Waals surface area (Å²) in [4.78, 5) is 18.3. The van der Waals surface area contributed by atoms with Gasteiger partial charge in [-0.2, -0.15) is 5.10 Å². The highest BCUT2D eigenvalue weighted by molar-refractivity contribution is 7.18. The zero-order valence-corrected chi connectivity index (χ0v) is 15.5. The average molecular weight is 393 g/mol. The molecule has 0 amide bonds. The number of aromatic nitrogens is 4. The van der Waals surface area contributed by atoms with Crippen LogP contribution in [0.2, 0.25) is 5.15 Å². The Morgan fingerprint density at radius 2 is 1.93 bits per heavy atom. The fraction of sp³-hybridized carbons (Fsp3) is 0. The van der Waals surface area contributed by atoms with E-state index in [-0.39, 0.29) is 0 Å². The third-order valence-electron chi connectivity index (χ3n) is 3.53. The monoisotopic (exact) mass is 392 g/mol. The molecule has 0 aliphatic heterocycles. The van der Waals surface area contributed by atoms with E-state index in [0.717, 1.165) is 26.8 Å². The highest BCUT2D eigenvalue weighted by Gasteiger charge is 2.08. The maximum absolute atomic E-state index is 5.85. The molecule has 8 heteroatoms. The Morgan fingerprint density at radius 3 is 2.78 bits per heavy atom. The van der Waals surface area contributed by atoms with Gasteiger partial charge in [0, 0.05) is 24.2 Å². The molecule has 0 radical (unpaired) electrons. The smallest absolute Gasteiger partial charge is 0.147 e. The van der Waals surface area contributed by atoms with Crippen LogP contribution in [-0.4, -0.2) is 26.2 Å². The zero-order chi connectivity index (χ0) is 18.5. The minimum atomic E-state index is 0.407. The molecule has 6 nitrogen and oxygen atoms in total. The van der Waals surface area contributed by atoms with Gasteiger partial charge in [-0.1, -0.05) is 23.7 Å². The molecule has 1 N–H and O–H groups in total. The molecule has 0 unspecified atom stereocenters. The van der Waals surface area contributed by atoms with Crippen molar-refractivity contribution in [2.45, 2.75) is 0 Å². The van der Waals surface area contributed by atoms with E-state index in [1.54, 1.807) is 48.1 Å². The van der Waals surface area contributed by atoms with Crippen molar-refractivity contribution in [1.29, 1.82) is 0 Å². The number of thiazole rings is 1. The number of rotatable bonds is 5. The largest absolute Gasteiger partial charge is 0.264 e. The normalized spacial score (nSPS) is 11.0. The van der Waals surface area contributed by atoms with Crippen molar-refractivity contribution < 1.29 is 0 Å². The lowest BCUT2D eigenvalue weighted by Crippen LogP contribution is -1.95. The highest BCUT2D eigenvalue weighted by atomic mass is 35.5. The van der Waals surface area contributed by atoms with Crippen molar-refractivity contribution in [3.05, 3.63) is 78.0 Å². The summed E-state index contributed by atoms with van der Waals surface area (Å²) in [5.74, 6) is 0.568. The Balaban J connectivity index is 1.51. The van der Waals surface area contributed by atoms with Crippen LogP contribution in [-0.2, 0) is 0 Å². The van der Waals surface area contributed by atoms with Gasteiger partial charge >= 0.3 is 0 Å². The molecule has 132 valence electrons. The number of nitrogens with zero attached hydrogens (tertiary/aromatic N) is 5. The number of anilines is 1. The van der Waals surface area contributed by atoms with E-state index in [9.17, 15) is 0 Å². The van der Waals surface area contributed by atoms with E-state index in [2.05, 4.69) is 30.5 Å². The van der Waals surface area contributed by atoms with Crippen molar-refractivity contribution in [3.63, 3.8) is 0 Å². The number of hydrogen-bond donors (Lipinski definition) is 1. The SMILES string of the molecule is Clc1cccc(N/N=C/c2cccc(-c3cnc(-c4cccnc4)s3)n2)n1. The molecule has 0 saturated carbocycles. The second-order valence-electron chi connectivity index (χ2n) is 5.43. The van der Waals surface area contributed by atoms with Crippen LogP contribution in [0.5, 0.6) is 0 Å². The van der Waals surface area contributed by atoms with Crippen molar-refractivity contribution in [3.8, 4) is 21.1 Å². The molecule has 0 atom stereocenters. The molecule has 4 rings (SSSR count). The predicted octanol–water partition coefficient (Wildman–Crippen LogP) is 4.76. The third-order valence-corrected chi connectivity index (χ3v) is 4.81. The van der Waals surface area contributed by atoms with Crippen LogP contribution in [0.25, 0.3) is 21.1 Å². The fourth-order valence-electron chi connectivity index (χ4n) is 2.31. The van der Waals surface area contributed by atoms with Gasteiger partial charge in [0.15, 0.2) is 0 Å². The first-order chi connectivity index (χ1) is 13.3. The van der Waals surface area contributed by atoms with Gasteiger partial charge in [0.25, 0.3) is 0 Å². The standard InChI is InChI=1S/C19H13ClN6S/c20-17-7-2-8-18(25-17)26-23-11-14-5-1-6-15(24-14)16-12-22-19(27-16)13-4-3-9-21-10-13/h1-12H,(H,25,26)/b23-11+. The van der Waals surface area contributed by atoms with Crippen molar-refractivity contribution in [2.24, 2.45) is 5.10 Å². The molecule has 0 aliphatic carbocycles. The molecule has 0 fully saturated rings. The molecule has 4 aromatic heterocycles. The Labute approximate surface area is 164 Å². The van der Waals surface area contributed by atoms with Crippen LogP contribution < -0.4 is 5.43 Å². The number of hydrazone groups is 1. The van der Waals surface area contributed by atoms with Crippen LogP contribution in [0.3, 0.4) is 0 Å². The molecule has 0 spiro atoms. The topological polar surface area (TPSA) is 76.0 Å². The summed E-state index contributed by atoms with van der Waals surface area (Å²) in [6.45, 7) is 0. The quantitative estimate of drug-likeness (QED) is 0.301. The summed E-state index contributed by atoms with van der Waals surface area (Å²) < 4.78 is 0. The first-order valence-electron chi connectivity index (χ1n) is 8.03. The number of halogens is 1. The lowest BCUT2D eigenvalue weighted by molar-refractivity contribution is 1.22. The van der Waals surface area contributed by atoms with E-state index < -0.39 is 0 Å². The van der Waals surface area contributed by atoms with Gasteiger partial charge < -0.3 is 0 Å². The Kier molecular flexibility index (Phi) is 5.13. The Morgan fingerprint density at radius 1 is 1.00 bits per heavy atom. The van der Waals surface area contributed by atoms with E-state index in [1.807, 2.05) is 36.5 Å². The highest BCUT2D eigenvalue weighted by Crippen LogP contribution is 2.30. The van der Waals surface area contributed by atoms with Gasteiger partial charge in [-0.15, -0.1) is 11.3 Å². The van der Waals surface area contributed by atoms with Crippen LogP contribution in [0.15, 0.2) is 72.2 Å². The molecule has 0 saturated heterocycles. The average Bonchev–Trinajstić information content (AvgIpc) is 3.19. The van der Waals surface area contributed by atoms with Crippen molar-refractivity contribution >= 4 is 35.0 Å². The predicted molar refractivity (Wildman–Crippen MR) is 109 cm³/mol. The van der Waals surface area contributed by atoms with Crippen molar-refractivity contribution in [2.75, 3.05) is 5.43 Å². The lowest BCUT2D eigenvalue weighted by atomic mass is 10.3. The molecular weight excluding hydrogens is 380 g/mol. The molecular formula is C19H13ClN6S. The molecule has 4 aromatic rings. The van der Waals surface area contributed by atoms with Gasteiger partial charge in [-0.05, 0) is 36.4 Å². The van der Waals surface area contributed by atoms with Gasteiger partial charge in [0.1, 0.15) is 16.0 Å². The van der Waals surface area contributed by atoms with Gasteiger partial charge in [-0.3, -0.25) is 10.4 Å². The first-order valence-corrected chi connectivity index (χ1v) is 9.23. The summed E-state index contributed by atoms with van der Waals surface area (Å²) in [5.41, 5.74) is 5.39. The first kappa shape index (κ1) is 17.3. The van der Waals surface area contributed by atoms with Crippen LogP contribution in [0, 0.1) is 0 Å². The molecule has 0 aliphatic rings. The Bertz CT molecular complexity index is 1080. The second kappa shape index (κ2) is 8.03. The van der Waals surface area contributed by atoms with E-state index in [0.29, 0.717) is 11.0 Å². The number of pyridine rings is 3. The Hall–Kier alpha value is -3.16. The van der Waals surface area contributed by atoms with Crippen LogP contribution in [0.4, 0.5) is 5.82 Å². The summed E-state index contributed by atoms with van der Waals surface area (Å²) in [5, 5.41) is 5.48. The van der Waals surface area contributed by atoms with E-state index in [1.165, 1.54) is 0 Å². The molecule has 0 bridgehead atoms. The zero-order valence-electron chi connectivity index (χ0n) is 14.0. The van der Waals surface area contributed by atoms with Crippen LogP contribution >= 0.6 is 22.9 Å². The van der Waals surface area contributed by atoms with Crippen LogP contribution in [0.1, 0.15) is 5.69 Å². The van der Waals surface area contributed by atoms with E-state index >= 15 is 0 Å². The molecule has 0 aromatic carbocycles. The second-order valence-corrected chi connectivity index (χ2v) is 6.85. The number of nitrogens with one attached hydrogen (secondary N) is 1. The summed E-state index contributed by atoms with van der Waals surface area (Å²) in [7, 11) is 0. The molecule has 27 heavy (non-hydrogen) atoms. The van der Waals surface area contributed by atoms with Gasteiger partial charge in [0.05, 0.1) is 22.5 Å². The summed E-state index contributed by atoms with van der Waals surface area (Å²) in [6.07, 6.45) is 7.00. The maximum atomic E-state index is 5.85. The lowest BCUT2D eigenvalue weighted by Gasteiger charge is -2.00. The summed E-state index contributed by atoms with van der Waals surface area (Å²) in [6, 6.07) is 14.9. The minimum Gasteiger partial charge on any atom is -0.264 e. The number of hydrogen-bond acceptors (Lipinski definition) is 7. The maximum Gasteiger partial charge on any atom is 0.147 e. The van der Waals surface area contributed by atoms with E-state index in [4.69, 9.17) is 11.6 Å². The van der Waals surface area contributed by atoms with Gasteiger partial charge in [-0.25, -0.2) is 15.0 Å². The summed E-state index contributed by atoms with van der Waals surface area (Å²) >= 11 is 7.42. The van der Waals surface area contributed by atoms with Gasteiger partial charge in [0.2, 0.25) is 0 Å².